The molecule has 0 fully saturated rings. The summed E-state index contributed by atoms with van der Waals surface area (Å²) < 4.78 is 84.9. The van der Waals surface area contributed by atoms with Gasteiger partial charge in [0.2, 0.25) is 0 Å². The molecular formula is C7H9F5O3S. The average Bonchev–Trinajstić information content (AvgIpc) is 2.00. The molecule has 0 aromatic rings. The highest BCUT2D eigenvalue weighted by Gasteiger charge is 2.69. The van der Waals surface area contributed by atoms with Crippen molar-refractivity contribution in [3.05, 3.63) is 12.3 Å². The van der Waals surface area contributed by atoms with Crippen LogP contribution < -0.4 is 0 Å². The summed E-state index contributed by atoms with van der Waals surface area (Å²) in [7, 11) is -6.10. The van der Waals surface area contributed by atoms with E-state index in [1.165, 1.54) is 0 Å². The summed E-state index contributed by atoms with van der Waals surface area (Å²) in [5, 5.41) is -5.95. The van der Waals surface area contributed by atoms with Crippen molar-refractivity contribution >= 4 is 10.1 Å². The van der Waals surface area contributed by atoms with Crippen molar-refractivity contribution in [1.29, 1.82) is 0 Å². The maximum atomic E-state index is 12.4. The highest BCUT2D eigenvalue weighted by molar-refractivity contribution is 7.88. The molecule has 96 valence electrons. The highest BCUT2D eigenvalue weighted by Crippen LogP contribution is 2.41. The molecule has 0 rings (SSSR count). The first-order valence-corrected chi connectivity index (χ1v) is 5.43. The van der Waals surface area contributed by atoms with E-state index in [-0.39, 0.29) is 6.42 Å². The monoisotopic (exact) mass is 268 g/mol. The first kappa shape index (κ1) is 15.1. The normalized spacial score (nSPS) is 13.6. The Morgan fingerprint density at radius 1 is 1.25 bits per heavy atom. The first-order chi connectivity index (χ1) is 6.95. The highest BCUT2D eigenvalue weighted by atomic mass is 32.2. The Bertz CT molecular complexity index is 357. The van der Waals surface area contributed by atoms with Gasteiger partial charge in [0.1, 0.15) is 5.76 Å². The van der Waals surface area contributed by atoms with Crippen molar-refractivity contribution in [2.45, 2.75) is 31.2 Å². The Kier molecular flexibility index (Phi) is 4.31. The lowest BCUT2D eigenvalue weighted by Gasteiger charge is -2.19. The zero-order valence-electron chi connectivity index (χ0n) is 8.14. The summed E-state index contributed by atoms with van der Waals surface area (Å²) in [6.45, 7) is 4.47. The number of allylic oxidation sites excluding steroid dienone is 1. The van der Waals surface area contributed by atoms with Gasteiger partial charge in [0.05, 0.1) is 0 Å². The van der Waals surface area contributed by atoms with Crippen molar-refractivity contribution in [3.8, 4) is 0 Å². The van der Waals surface area contributed by atoms with Crippen LogP contribution >= 0.6 is 0 Å². The zero-order chi connectivity index (χ0) is 13.2. The molecule has 0 bridgehead atoms. The molecule has 3 nitrogen and oxygen atoms in total. The topological polar surface area (TPSA) is 43.4 Å². The van der Waals surface area contributed by atoms with E-state index < -0.39 is 27.3 Å². The van der Waals surface area contributed by atoms with Crippen LogP contribution in [-0.4, -0.2) is 19.8 Å². The van der Waals surface area contributed by atoms with Gasteiger partial charge in [0.15, 0.2) is 0 Å². The standard InChI is InChI=1S/C7H9F5O3S/c1-3-4-5(2)15-16(13,14)7(11,12)6(8,9)10/h2-4H2,1H3. The average molecular weight is 268 g/mol. The van der Waals surface area contributed by atoms with Crippen molar-refractivity contribution in [1.82, 2.24) is 0 Å². The Hall–Kier alpha value is -0.860. The molecular weight excluding hydrogens is 259 g/mol. The molecule has 0 N–H and O–H groups in total. The second-order valence-corrected chi connectivity index (χ2v) is 4.43. The molecule has 0 atom stereocenters. The van der Waals surface area contributed by atoms with Gasteiger partial charge in [0, 0.05) is 6.42 Å². The van der Waals surface area contributed by atoms with E-state index in [1.807, 2.05) is 0 Å². The van der Waals surface area contributed by atoms with Crippen LogP contribution in [0.2, 0.25) is 0 Å². The molecule has 0 aliphatic heterocycles. The van der Waals surface area contributed by atoms with E-state index in [2.05, 4.69) is 10.8 Å². The van der Waals surface area contributed by atoms with Crippen molar-refractivity contribution in [2.24, 2.45) is 0 Å². The molecule has 0 saturated carbocycles. The largest absolute Gasteiger partial charge is 0.475 e. The van der Waals surface area contributed by atoms with Gasteiger partial charge in [-0.15, -0.1) is 0 Å². The van der Waals surface area contributed by atoms with Crippen LogP contribution in [0.3, 0.4) is 0 Å². The zero-order valence-corrected chi connectivity index (χ0v) is 8.96. The van der Waals surface area contributed by atoms with Crippen LogP contribution in [0, 0.1) is 0 Å². The molecule has 0 aromatic carbocycles. The summed E-state index contributed by atoms with van der Waals surface area (Å²) in [5.41, 5.74) is 0. The fourth-order valence-electron chi connectivity index (χ4n) is 0.670. The third-order valence-electron chi connectivity index (χ3n) is 1.40. The summed E-state index contributed by atoms with van der Waals surface area (Å²) in [4.78, 5) is 0. The lowest BCUT2D eigenvalue weighted by molar-refractivity contribution is -0.243. The van der Waals surface area contributed by atoms with Crippen LogP contribution in [0.15, 0.2) is 12.3 Å². The second-order valence-electron chi connectivity index (χ2n) is 2.84. The van der Waals surface area contributed by atoms with Gasteiger partial charge in [-0.1, -0.05) is 13.5 Å². The summed E-state index contributed by atoms with van der Waals surface area (Å²) in [6.07, 6.45) is -6.06. The van der Waals surface area contributed by atoms with Gasteiger partial charge >= 0.3 is 21.5 Å². The van der Waals surface area contributed by atoms with Gasteiger partial charge < -0.3 is 4.18 Å². The van der Waals surface area contributed by atoms with E-state index in [0.717, 1.165) is 0 Å². The van der Waals surface area contributed by atoms with Crippen LogP contribution in [0.25, 0.3) is 0 Å². The molecule has 9 heteroatoms. The van der Waals surface area contributed by atoms with Crippen molar-refractivity contribution in [2.75, 3.05) is 0 Å². The fourth-order valence-corrected chi connectivity index (χ4v) is 1.45. The molecule has 0 aromatic heterocycles. The van der Waals surface area contributed by atoms with Crippen LogP contribution in [-0.2, 0) is 14.3 Å². The minimum atomic E-state index is -6.22. The molecule has 0 aliphatic carbocycles. The number of halogens is 5. The predicted molar refractivity (Wildman–Crippen MR) is 45.1 cm³/mol. The maximum Gasteiger partial charge on any atom is 0.475 e. The predicted octanol–water partition coefficient (Wildman–Crippen LogP) is 2.80. The third-order valence-corrected chi connectivity index (χ3v) is 2.71. The summed E-state index contributed by atoms with van der Waals surface area (Å²) >= 11 is 0. The number of alkyl halides is 5. The molecule has 0 amide bonds. The Morgan fingerprint density at radius 3 is 2.00 bits per heavy atom. The minimum Gasteiger partial charge on any atom is -0.383 e. The first-order valence-electron chi connectivity index (χ1n) is 4.02. The van der Waals surface area contributed by atoms with E-state index >= 15 is 0 Å². The lowest BCUT2D eigenvalue weighted by atomic mass is 10.3. The van der Waals surface area contributed by atoms with E-state index in [4.69, 9.17) is 0 Å². The quantitative estimate of drug-likeness (QED) is 0.437. The van der Waals surface area contributed by atoms with Crippen molar-refractivity contribution < 1.29 is 34.6 Å². The SMILES string of the molecule is C=C(CCC)OS(=O)(=O)C(F)(F)C(F)(F)F. The lowest BCUT2D eigenvalue weighted by Crippen LogP contribution is -2.44. The molecule has 16 heavy (non-hydrogen) atoms. The second kappa shape index (κ2) is 4.56. The molecule has 0 heterocycles. The summed E-state index contributed by atoms with van der Waals surface area (Å²) in [6, 6.07) is 0. The Labute approximate surface area is 89.0 Å². The van der Waals surface area contributed by atoms with E-state index in [1.54, 1.807) is 6.92 Å². The molecule has 0 radical (unpaired) electrons. The molecule has 0 aliphatic rings. The molecule has 0 saturated heterocycles. The Morgan fingerprint density at radius 2 is 1.69 bits per heavy atom. The minimum absolute atomic E-state index is 0.132. The van der Waals surface area contributed by atoms with E-state index in [0.29, 0.717) is 6.42 Å². The van der Waals surface area contributed by atoms with Crippen LogP contribution in [0.5, 0.6) is 0 Å². The third kappa shape index (κ3) is 3.06. The van der Waals surface area contributed by atoms with Gasteiger partial charge in [-0.05, 0) is 6.42 Å². The van der Waals surface area contributed by atoms with E-state index in [9.17, 15) is 30.4 Å². The van der Waals surface area contributed by atoms with Gasteiger partial charge in [-0.25, -0.2) is 0 Å². The number of hydrogen-bond donors (Lipinski definition) is 0. The summed E-state index contributed by atoms with van der Waals surface area (Å²) in [5.74, 6) is -0.661. The number of hydrogen-bond acceptors (Lipinski definition) is 3. The molecule has 0 unspecified atom stereocenters. The van der Waals surface area contributed by atoms with Gasteiger partial charge in [-0.3, -0.25) is 0 Å². The fraction of sp³-hybridized carbons (Fsp3) is 0.714. The van der Waals surface area contributed by atoms with Gasteiger partial charge in [-0.2, -0.15) is 30.4 Å². The van der Waals surface area contributed by atoms with Crippen LogP contribution in [0.1, 0.15) is 19.8 Å². The van der Waals surface area contributed by atoms with Crippen LogP contribution in [0.4, 0.5) is 22.0 Å². The number of rotatable bonds is 5. The Balaban J connectivity index is 5.01. The van der Waals surface area contributed by atoms with Crippen molar-refractivity contribution in [3.63, 3.8) is 0 Å². The van der Waals surface area contributed by atoms with Gasteiger partial charge in [0.25, 0.3) is 0 Å². The maximum absolute atomic E-state index is 12.4. The molecule has 0 spiro atoms. The smallest absolute Gasteiger partial charge is 0.383 e.